The summed E-state index contributed by atoms with van der Waals surface area (Å²) in [6, 6.07) is 6.12. The van der Waals surface area contributed by atoms with Gasteiger partial charge in [-0.3, -0.25) is 9.88 Å². The molecule has 0 saturated carbocycles. The topological polar surface area (TPSA) is 84.8 Å². The zero-order valence-electron chi connectivity index (χ0n) is 17.7. The van der Waals surface area contributed by atoms with Crippen molar-refractivity contribution in [3.63, 3.8) is 0 Å². The molecule has 4 rings (SSSR count). The molecule has 0 bridgehead atoms. The summed E-state index contributed by atoms with van der Waals surface area (Å²) in [7, 11) is 0. The number of pyridine rings is 1. The van der Waals surface area contributed by atoms with Crippen molar-refractivity contribution in [3.05, 3.63) is 46.2 Å². The number of carboxylic acids is 1. The molecule has 2 saturated heterocycles. The van der Waals surface area contributed by atoms with E-state index in [1.54, 1.807) is 11.3 Å². The van der Waals surface area contributed by atoms with Gasteiger partial charge in [0.15, 0.2) is 0 Å². The van der Waals surface area contributed by atoms with E-state index < -0.39 is 12.1 Å². The van der Waals surface area contributed by atoms with Gasteiger partial charge in [-0.2, -0.15) is 13.2 Å². The summed E-state index contributed by atoms with van der Waals surface area (Å²) < 4.78 is 44.0. The Hall–Kier alpha value is -2.08. The number of halogens is 3. The highest BCUT2D eigenvalue weighted by Gasteiger charge is 2.43. The number of carboxylic acid groups (broad SMARTS) is 1. The molecule has 1 spiro atoms. The molecule has 1 N–H and O–H groups in total. The quantitative estimate of drug-likeness (QED) is 0.707. The van der Waals surface area contributed by atoms with Gasteiger partial charge in [0.05, 0.1) is 41.3 Å². The van der Waals surface area contributed by atoms with Gasteiger partial charge >= 0.3 is 12.1 Å². The summed E-state index contributed by atoms with van der Waals surface area (Å²) in [5.74, 6) is -2.76. The molecule has 176 valence electrons. The van der Waals surface area contributed by atoms with Gasteiger partial charge < -0.3 is 14.6 Å². The molecule has 2 aliphatic rings. The van der Waals surface area contributed by atoms with Gasteiger partial charge in [0, 0.05) is 37.6 Å². The van der Waals surface area contributed by atoms with E-state index in [4.69, 9.17) is 19.4 Å². The van der Waals surface area contributed by atoms with E-state index in [0.29, 0.717) is 13.2 Å². The highest BCUT2D eigenvalue weighted by molar-refractivity contribution is 7.09. The molecule has 0 amide bonds. The largest absolute Gasteiger partial charge is 0.490 e. The van der Waals surface area contributed by atoms with E-state index in [0.717, 1.165) is 55.3 Å². The number of aromatic nitrogens is 2. The average molecular weight is 474 g/mol. The second-order valence-electron chi connectivity index (χ2n) is 7.89. The first kappa shape index (κ1) is 24.6. The van der Waals surface area contributed by atoms with Crippen LogP contribution in [0.2, 0.25) is 0 Å². The molecule has 2 fully saturated rings. The van der Waals surface area contributed by atoms with Gasteiger partial charge in [-0.05, 0) is 31.9 Å². The maximum atomic E-state index is 10.6. The number of piperidine rings is 1. The smallest absolute Gasteiger partial charge is 0.475 e. The lowest BCUT2D eigenvalue weighted by atomic mass is 9.88. The predicted octanol–water partition coefficient (Wildman–Crippen LogP) is 3.82. The van der Waals surface area contributed by atoms with E-state index in [9.17, 15) is 13.2 Å². The van der Waals surface area contributed by atoms with Gasteiger partial charge in [-0.25, -0.2) is 9.78 Å². The molecule has 0 aliphatic carbocycles. The van der Waals surface area contributed by atoms with Gasteiger partial charge in [0.25, 0.3) is 0 Å². The van der Waals surface area contributed by atoms with Crippen LogP contribution in [0.15, 0.2) is 29.8 Å². The van der Waals surface area contributed by atoms with Crippen LogP contribution in [-0.4, -0.2) is 63.5 Å². The molecular formula is C21H26F3N3O4S. The van der Waals surface area contributed by atoms with Crippen molar-refractivity contribution in [2.75, 3.05) is 19.7 Å². The standard InChI is InChI=1S/C19H25N3O2S.C2HF3O2/c1-15-21-17(14-25-15)12-23-18-10-19(24-13-18)5-8-22(9-6-19)11-16-4-2-3-7-20-16;3-2(4,5)1(6)7/h2-4,7,14,18H,5-6,8-13H2,1H3;(H,6,7). The molecule has 2 aromatic heterocycles. The van der Waals surface area contributed by atoms with Gasteiger partial charge in [-0.1, -0.05) is 6.07 Å². The third-order valence-electron chi connectivity index (χ3n) is 5.43. The molecule has 0 aromatic carbocycles. The molecule has 7 nitrogen and oxygen atoms in total. The molecule has 32 heavy (non-hydrogen) atoms. The Morgan fingerprint density at radius 3 is 2.62 bits per heavy atom. The molecule has 2 aliphatic heterocycles. The van der Waals surface area contributed by atoms with Gasteiger partial charge in [0.1, 0.15) is 0 Å². The second kappa shape index (κ2) is 10.7. The van der Waals surface area contributed by atoms with Crippen molar-refractivity contribution >= 4 is 17.3 Å². The van der Waals surface area contributed by atoms with Crippen LogP contribution in [0.1, 0.15) is 35.7 Å². The average Bonchev–Trinajstić information content (AvgIpc) is 3.35. The van der Waals surface area contributed by atoms with Crippen LogP contribution >= 0.6 is 11.3 Å². The molecule has 0 radical (unpaired) electrons. The Morgan fingerprint density at radius 2 is 2.06 bits per heavy atom. The maximum absolute atomic E-state index is 10.6. The van der Waals surface area contributed by atoms with Crippen LogP contribution in [-0.2, 0) is 27.4 Å². The number of likely N-dealkylation sites (tertiary alicyclic amines) is 1. The first-order chi connectivity index (χ1) is 15.2. The Labute approximate surface area is 188 Å². The summed E-state index contributed by atoms with van der Waals surface area (Å²) in [6.07, 6.45) is 0.148. The summed E-state index contributed by atoms with van der Waals surface area (Å²) in [4.78, 5) is 20.3. The fourth-order valence-corrected chi connectivity index (χ4v) is 4.37. The highest BCUT2D eigenvalue weighted by atomic mass is 32.1. The van der Waals surface area contributed by atoms with E-state index in [-0.39, 0.29) is 11.7 Å². The SMILES string of the molecule is Cc1nc(COC2COC3(CCN(Cc4ccccn4)CC3)C2)cs1.O=C(O)C(F)(F)F. The Bertz CT molecular complexity index is 871. The molecule has 4 heterocycles. The van der Waals surface area contributed by atoms with E-state index in [1.165, 1.54) is 0 Å². The molecule has 11 heteroatoms. The highest BCUT2D eigenvalue weighted by Crippen LogP contribution is 2.37. The summed E-state index contributed by atoms with van der Waals surface area (Å²) in [5.41, 5.74) is 2.20. The first-order valence-electron chi connectivity index (χ1n) is 10.2. The van der Waals surface area contributed by atoms with Crippen molar-refractivity contribution in [1.29, 1.82) is 0 Å². The molecular weight excluding hydrogens is 447 g/mol. The predicted molar refractivity (Wildman–Crippen MR) is 111 cm³/mol. The van der Waals surface area contributed by atoms with Gasteiger partial charge in [0.2, 0.25) is 0 Å². The van der Waals surface area contributed by atoms with Crippen molar-refractivity contribution in [1.82, 2.24) is 14.9 Å². The monoisotopic (exact) mass is 473 g/mol. The Kier molecular flexibility index (Phi) is 8.21. The lowest BCUT2D eigenvalue weighted by Gasteiger charge is -2.38. The van der Waals surface area contributed by atoms with Crippen molar-refractivity contribution in [2.45, 2.75) is 57.2 Å². The maximum Gasteiger partial charge on any atom is 0.490 e. The normalized spacial score (nSPS) is 20.7. The Morgan fingerprint density at radius 1 is 1.34 bits per heavy atom. The number of thiazole rings is 1. The van der Waals surface area contributed by atoms with E-state index >= 15 is 0 Å². The third kappa shape index (κ3) is 7.22. The molecule has 1 atom stereocenters. The van der Waals surface area contributed by atoms with Gasteiger partial charge in [-0.15, -0.1) is 11.3 Å². The summed E-state index contributed by atoms with van der Waals surface area (Å²) in [6.45, 7) is 6.40. The number of ether oxygens (including phenoxy) is 2. The zero-order valence-corrected chi connectivity index (χ0v) is 18.5. The number of hydrogen-bond donors (Lipinski definition) is 1. The minimum absolute atomic E-state index is 0.0171. The minimum atomic E-state index is -5.08. The fourth-order valence-electron chi connectivity index (χ4n) is 3.78. The number of aliphatic carboxylic acids is 1. The number of aryl methyl sites for hydroxylation is 1. The fraction of sp³-hybridized carbons (Fsp3) is 0.571. The number of carbonyl (C=O) groups is 1. The van der Waals surface area contributed by atoms with E-state index in [1.807, 2.05) is 19.2 Å². The van der Waals surface area contributed by atoms with Crippen LogP contribution in [0.4, 0.5) is 13.2 Å². The van der Waals surface area contributed by atoms with Crippen LogP contribution in [0.5, 0.6) is 0 Å². The zero-order chi connectivity index (χ0) is 23.2. The summed E-state index contributed by atoms with van der Waals surface area (Å²) >= 11 is 1.68. The molecule has 2 aromatic rings. The lowest BCUT2D eigenvalue weighted by molar-refractivity contribution is -0.192. The second-order valence-corrected chi connectivity index (χ2v) is 8.95. The third-order valence-corrected chi connectivity index (χ3v) is 6.25. The number of nitrogens with zero attached hydrogens (tertiary/aromatic N) is 3. The van der Waals surface area contributed by atoms with Crippen LogP contribution < -0.4 is 0 Å². The minimum Gasteiger partial charge on any atom is -0.475 e. The van der Waals surface area contributed by atoms with Crippen molar-refractivity contribution in [2.24, 2.45) is 0 Å². The van der Waals surface area contributed by atoms with Crippen LogP contribution in [0.3, 0.4) is 0 Å². The summed E-state index contributed by atoms with van der Waals surface area (Å²) in [5, 5.41) is 10.3. The first-order valence-corrected chi connectivity index (χ1v) is 11.1. The number of rotatable bonds is 5. The number of hydrogen-bond acceptors (Lipinski definition) is 7. The molecule has 1 unspecified atom stereocenters. The van der Waals surface area contributed by atoms with Crippen molar-refractivity contribution < 1.29 is 32.5 Å². The number of alkyl halides is 3. The van der Waals surface area contributed by atoms with Crippen LogP contribution in [0, 0.1) is 6.92 Å². The van der Waals surface area contributed by atoms with Crippen LogP contribution in [0.25, 0.3) is 0 Å². The van der Waals surface area contributed by atoms with E-state index in [2.05, 4.69) is 32.4 Å². The van der Waals surface area contributed by atoms with Crippen molar-refractivity contribution in [3.8, 4) is 0 Å². The Balaban J connectivity index is 0.000000360. The lowest BCUT2D eigenvalue weighted by Crippen LogP contribution is -2.44.